The molecular formula is C17H27NO2. The molecule has 2 atom stereocenters. The Kier molecular flexibility index (Phi) is 5.06. The third kappa shape index (κ3) is 3.15. The van der Waals surface area contributed by atoms with E-state index in [4.69, 9.17) is 9.47 Å². The van der Waals surface area contributed by atoms with E-state index in [2.05, 4.69) is 44.3 Å². The second kappa shape index (κ2) is 6.59. The molecule has 112 valence electrons. The van der Waals surface area contributed by atoms with Gasteiger partial charge in [0, 0.05) is 12.2 Å². The fourth-order valence-electron chi connectivity index (χ4n) is 3.07. The van der Waals surface area contributed by atoms with Crippen molar-refractivity contribution in [2.45, 2.75) is 52.2 Å². The van der Waals surface area contributed by atoms with Crippen molar-refractivity contribution in [1.82, 2.24) is 5.32 Å². The van der Waals surface area contributed by atoms with Gasteiger partial charge in [-0.05, 0) is 46.2 Å². The largest absolute Gasteiger partial charge is 0.494 e. The first-order chi connectivity index (χ1) is 9.60. The standard InChI is InChI=1S/C17H27NO2/c1-5-18-16(17(4)10-7-11-20-17)14-12-13(3)8-9-15(14)19-6-2/h8-9,12,16,18H,5-7,10-11H2,1-4H3. The maximum absolute atomic E-state index is 6.06. The van der Waals surface area contributed by atoms with Gasteiger partial charge in [-0.2, -0.15) is 0 Å². The Morgan fingerprint density at radius 2 is 2.20 bits per heavy atom. The Morgan fingerprint density at radius 3 is 2.80 bits per heavy atom. The molecular weight excluding hydrogens is 250 g/mol. The molecule has 2 rings (SSSR count). The SMILES string of the molecule is CCNC(c1cc(C)ccc1OCC)C1(C)CCCO1. The van der Waals surface area contributed by atoms with Gasteiger partial charge in [-0.15, -0.1) is 0 Å². The van der Waals surface area contributed by atoms with Gasteiger partial charge in [-0.3, -0.25) is 0 Å². The van der Waals surface area contributed by atoms with Gasteiger partial charge in [-0.1, -0.05) is 24.6 Å². The van der Waals surface area contributed by atoms with Gasteiger partial charge in [0.15, 0.2) is 0 Å². The number of rotatable bonds is 6. The second-order valence-electron chi connectivity index (χ2n) is 5.73. The molecule has 1 aliphatic heterocycles. The van der Waals surface area contributed by atoms with Crippen LogP contribution in [-0.4, -0.2) is 25.4 Å². The molecule has 1 fully saturated rings. The summed E-state index contributed by atoms with van der Waals surface area (Å²) in [6, 6.07) is 6.59. The predicted molar refractivity (Wildman–Crippen MR) is 82.4 cm³/mol. The van der Waals surface area contributed by atoms with E-state index in [1.165, 1.54) is 11.1 Å². The van der Waals surface area contributed by atoms with Crippen LogP contribution in [-0.2, 0) is 4.74 Å². The molecule has 0 spiro atoms. The number of hydrogen-bond donors (Lipinski definition) is 1. The molecule has 1 heterocycles. The highest BCUT2D eigenvalue weighted by molar-refractivity contribution is 5.40. The van der Waals surface area contributed by atoms with E-state index in [1.54, 1.807) is 0 Å². The van der Waals surface area contributed by atoms with E-state index in [0.717, 1.165) is 31.7 Å². The fraction of sp³-hybridized carbons (Fsp3) is 0.647. The summed E-state index contributed by atoms with van der Waals surface area (Å²) in [4.78, 5) is 0. The summed E-state index contributed by atoms with van der Waals surface area (Å²) in [6.45, 7) is 11.0. The molecule has 3 heteroatoms. The van der Waals surface area contributed by atoms with Crippen LogP contribution in [0, 0.1) is 6.92 Å². The molecule has 0 aliphatic carbocycles. The van der Waals surface area contributed by atoms with Crippen LogP contribution in [0.15, 0.2) is 18.2 Å². The van der Waals surface area contributed by atoms with Crippen molar-refractivity contribution in [2.75, 3.05) is 19.8 Å². The third-order valence-corrected chi connectivity index (χ3v) is 4.04. The molecule has 0 bridgehead atoms. The molecule has 2 unspecified atom stereocenters. The smallest absolute Gasteiger partial charge is 0.124 e. The van der Waals surface area contributed by atoms with Crippen LogP contribution in [0.4, 0.5) is 0 Å². The number of benzene rings is 1. The zero-order valence-electron chi connectivity index (χ0n) is 13.2. The van der Waals surface area contributed by atoms with Crippen molar-refractivity contribution >= 4 is 0 Å². The molecule has 1 aromatic rings. The topological polar surface area (TPSA) is 30.5 Å². The zero-order valence-corrected chi connectivity index (χ0v) is 13.2. The summed E-state index contributed by atoms with van der Waals surface area (Å²) in [7, 11) is 0. The summed E-state index contributed by atoms with van der Waals surface area (Å²) in [5, 5.41) is 3.60. The number of likely N-dealkylation sites (N-methyl/N-ethyl adjacent to an activating group) is 1. The molecule has 20 heavy (non-hydrogen) atoms. The van der Waals surface area contributed by atoms with E-state index in [9.17, 15) is 0 Å². The van der Waals surface area contributed by atoms with E-state index in [-0.39, 0.29) is 11.6 Å². The maximum atomic E-state index is 6.06. The quantitative estimate of drug-likeness (QED) is 0.861. The number of nitrogens with one attached hydrogen (secondary N) is 1. The molecule has 1 aromatic carbocycles. The average molecular weight is 277 g/mol. The van der Waals surface area contributed by atoms with Crippen LogP contribution in [0.3, 0.4) is 0 Å². The summed E-state index contributed by atoms with van der Waals surface area (Å²) >= 11 is 0. The molecule has 0 aromatic heterocycles. The van der Waals surface area contributed by atoms with Crippen LogP contribution in [0.2, 0.25) is 0 Å². The fourth-order valence-corrected chi connectivity index (χ4v) is 3.07. The minimum atomic E-state index is -0.143. The highest BCUT2D eigenvalue weighted by Crippen LogP contribution is 2.40. The number of ether oxygens (including phenoxy) is 2. The average Bonchev–Trinajstić information content (AvgIpc) is 2.86. The zero-order chi connectivity index (χ0) is 14.6. The van der Waals surface area contributed by atoms with Gasteiger partial charge < -0.3 is 14.8 Å². The monoisotopic (exact) mass is 277 g/mol. The van der Waals surface area contributed by atoms with Gasteiger partial charge in [0.05, 0.1) is 18.2 Å². The van der Waals surface area contributed by atoms with E-state index in [1.807, 2.05) is 6.92 Å². The van der Waals surface area contributed by atoms with Gasteiger partial charge in [0.2, 0.25) is 0 Å². The van der Waals surface area contributed by atoms with Crippen molar-refractivity contribution in [1.29, 1.82) is 0 Å². The van der Waals surface area contributed by atoms with Gasteiger partial charge in [-0.25, -0.2) is 0 Å². The number of aryl methyl sites for hydroxylation is 1. The van der Waals surface area contributed by atoms with Crippen molar-refractivity contribution in [3.63, 3.8) is 0 Å². The van der Waals surface area contributed by atoms with E-state index in [0.29, 0.717) is 6.61 Å². The van der Waals surface area contributed by atoms with E-state index >= 15 is 0 Å². The molecule has 1 saturated heterocycles. The van der Waals surface area contributed by atoms with Crippen LogP contribution >= 0.6 is 0 Å². The van der Waals surface area contributed by atoms with Crippen molar-refractivity contribution in [3.05, 3.63) is 29.3 Å². The van der Waals surface area contributed by atoms with Crippen molar-refractivity contribution in [3.8, 4) is 5.75 Å². The summed E-state index contributed by atoms with van der Waals surface area (Å²) in [6.07, 6.45) is 2.22. The third-order valence-electron chi connectivity index (χ3n) is 4.04. The van der Waals surface area contributed by atoms with Crippen LogP contribution in [0.25, 0.3) is 0 Å². The van der Waals surface area contributed by atoms with E-state index < -0.39 is 0 Å². The van der Waals surface area contributed by atoms with Gasteiger partial charge in [0.1, 0.15) is 5.75 Å². The predicted octanol–water partition coefficient (Wildman–Crippen LogP) is 3.61. The summed E-state index contributed by atoms with van der Waals surface area (Å²) in [5.74, 6) is 0.973. The van der Waals surface area contributed by atoms with Crippen LogP contribution < -0.4 is 10.1 Å². The normalized spacial score (nSPS) is 23.8. The lowest BCUT2D eigenvalue weighted by Crippen LogP contribution is -2.41. The van der Waals surface area contributed by atoms with Crippen LogP contribution in [0.5, 0.6) is 5.75 Å². The molecule has 0 radical (unpaired) electrons. The summed E-state index contributed by atoms with van der Waals surface area (Å²) < 4.78 is 11.9. The molecule has 1 aliphatic rings. The first kappa shape index (κ1) is 15.3. The first-order valence-corrected chi connectivity index (χ1v) is 7.71. The van der Waals surface area contributed by atoms with Crippen molar-refractivity contribution in [2.24, 2.45) is 0 Å². The lowest BCUT2D eigenvalue weighted by Gasteiger charge is -2.35. The maximum Gasteiger partial charge on any atom is 0.124 e. The highest BCUT2D eigenvalue weighted by atomic mass is 16.5. The lowest BCUT2D eigenvalue weighted by molar-refractivity contribution is -0.0127. The van der Waals surface area contributed by atoms with Crippen molar-refractivity contribution < 1.29 is 9.47 Å². The molecule has 3 nitrogen and oxygen atoms in total. The number of hydrogen-bond acceptors (Lipinski definition) is 3. The Bertz CT molecular complexity index is 439. The Hall–Kier alpha value is -1.06. The minimum absolute atomic E-state index is 0.143. The van der Waals surface area contributed by atoms with Crippen LogP contribution in [0.1, 0.15) is 50.8 Å². The lowest BCUT2D eigenvalue weighted by atomic mass is 9.86. The summed E-state index contributed by atoms with van der Waals surface area (Å²) in [5.41, 5.74) is 2.33. The molecule has 0 saturated carbocycles. The molecule has 1 N–H and O–H groups in total. The Balaban J connectivity index is 2.39. The van der Waals surface area contributed by atoms with Gasteiger partial charge in [0.25, 0.3) is 0 Å². The Labute approximate surface area is 122 Å². The first-order valence-electron chi connectivity index (χ1n) is 7.71. The highest BCUT2D eigenvalue weighted by Gasteiger charge is 2.40. The minimum Gasteiger partial charge on any atom is -0.494 e. The van der Waals surface area contributed by atoms with Gasteiger partial charge >= 0.3 is 0 Å². The molecule has 0 amide bonds. The Morgan fingerprint density at radius 1 is 1.40 bits per heavy atom. The second-order valence-corrected chi connectivity index (χ2v) is 5.73.